The summed E-state index contributed by atoms with van der Waals surface area (Å²) in [6, 6.07) is 11.6. The van der Waals surface area contributed by atoms with E-state index >= 15 is 0 Å². The standard InChI is InChI=1S/C24H27ClN4O3/c1-15-10-16(2)12-19(11-15)27-21(30)14-28-20-4-3-9-26-22(20)23(31)29(24(28)32)13-17-5-7-18(25)8-6-17/h5-8,10-12,20,22,26H,3-4,9,13-14H2,1-2H3,(H,27,30). The summed E-state index contributed by atoms with van der Waals surface area (Å²) in [5, 5.41) is 6.73. The van der Waals surface area contributed by atoms with Gasteiger partial charge in [0.2, 0.25) is 11.8 Å². The number of benzene rings is 2. The summed E-state index contributed by atoms with van der Waals surface area (Å²) < 4.78 is 0. The van der Waals surface area contributed by atoms with Crippen LogP contribution < -0.4 is 10.6 Å². The van der Waals surface area contributed by atoms with Gasteiger partial charge in [-0.15, -0.1) is 0 Å². The van der Waals surface area contributed by atoms with Crippen LogP contribution in [0.4, 0.5) is 10.5 Å². The van der Waals surface area contributed by atoms with Gasteiger partial charge in [-0.2, -0.15) is 0 Å². The third-order valence-corrected chi connectivity index (χ3v) is 6.16. The second-order valence-electron chi connectivity index (χ2n) is 8.53. The maximum absolute atomic E-state index is 13.4. The molecule has 2 aromatic rings. The Kier molecular flexibility index (Phi) is 6.48. The summed E-state index contributed by atoms with van der Waals surface area (Å²) in [5.74, 6) is -0.533. The minimum atomic E-state index is -0.511. The maximum Gasteiger partial charge on any atom is 0.327 e. The van der Waals surface area contributed by atoms with Gasteiger partial charge in [0.05, 0.1) is 12.6 Å². The number of hydrogen-bond donors (Lipinski definition) is 2. The van der Waals surface area contributed by atoms with Crippen LogP contribution in [0.3, 0.4) is 0 Å². The van der Waals surface area contributed by atoms with Gasteiger partial charge in [-0.1, -0.05) is 29.8 Å². The van der Waals surface area contributed by atoms with Crippen LogP contribution in [0.1, 0.15) is 29.5 Å². The van der Waals surface area contributed by atoms with Crippen molar-refractivity contribution in [2.45, 2.75) is 45.3 Å². The molecule has 0 saturated carbocycles. The lowest BCUT2D eigenvalue weighted by Crippen LogP contribution is -2.70. The van der Waals surface area contributed by atoms with Gasteiger partial charge in [0.1, 0.15) is 12.6 Å². The Bertz CT molecular complexity index is 1020. The second kappa shape index (κ2) is 9.30. The number of aryl methyl sites for hydroxylation is 2. The van der Waals surface area contributed by atoms with Crippen molar-refractivity contribution in [1.82, 2.24) is 15.1 Å². The van der Waals surface area contributed by atoms with E-state index in [-0.39, 0.29) is 30.9 Å². The van der Waals surface area contributed by atoms with Crippen molar-refractivity contribution in [2.24, 2.45) is 0 Å². The minimum Gasteiger partial charge on any atom is -0.325 e. The zero-order chi connectivity index (χ0) is 22.8. The van der Waals surface area contributed by atoms with E-state index in [0.717, 1.165) is 23.1 Å². The van der Waals surface area contributed by atoms with Crippen molar-refractivity contribution in [3.63, 3.8) is 0 Å². The highest BCUT2D eigenvalue weighted by molar-refractivity contribution is 6.30. The first kappa shape index (κ1) is 22.3. The molecule has 32 heavy (non-hydrogen) atoms. The number of nitrogens with zero attached hydrogens (tertiary/aromatic N) is 2. The van der Waals surface area contributed by atoms with Crippen LogP contribution in [0.25, 0.3) is 0 Å². The van der Waals surface area contributed by atoms with Gasteiger partial charge < -0.3 is 15.5 Å². The van der Waals surface area contributed by atoms with E-state index in [1.165, 1.54) is 9.80 Å². The molecule has 7 nitrogen and oxygen atoms in total. The quantitative estimate of drug-likeness (QED) is 0.724. The predicted octanol–water partition coefficient (Wildman–Crippen LogP) is 3.48. The first-order valence-corrected chi connectivity index (χ1v) is 11.2. The molecule has 2 aromatic carbocycles. The van der Waals surface area contributed by atoms with Crippen LogP contribution in [-0.4, -0.2) is 52.8 Å². The number of rotatable bonds is 5. The third-order valence-electron chi connectivity index (χ3n) is 5.91. The molecule has 2 atom stereocenters. The van der Waals surface area contributed by atoms with Crippen molar-refractivity contribution in [1.29, 1.82) is 0 Å². The summed E-state index contributed by atoms with van der Waals surface area (Å²) >= 11 is 5.96. The normalized spacial score (nSPS) is 20.8. The molecule has 0 aromatic heterocycles. The van der Waals surface area contributed by atoms with Crippen LogP contribution >= 0.6 is 11.6 Å². The van der Waals surface area contributed by atoms with E-state index in [0.29, 0.717) is 23.7 Å². The molecule has 4 rings (SSSR count). The number of halogens is 1. The number of nitrogens with one attached hydrogen (secondary N) is 2. The van der Waals surface area contributed by atoms with Crippen molar-refractivity contribution < 1.29 is 14.4 Å². The van der Waals surface area contributed by atoms with Crippen molar-refractivity contribution >= 4 is 35.1 Å². The zero-order valence-electron chi connectivity index (χ0n) is 18.2. The highest BCUT2D eigenvalue weighted by atomic mass is 35.5. The molecule has 2 aliphatic heterocycles. The summed E-state index contributed by atoms with van der Waals surface area (Å²) in [7, 11) is 0. The number of carbonyl (C=O) groups excluding carboxylic acids is 3. The van der Waals surface area contributed by atoms with Gasteiger partial charge in [0, 0.05) is 10.7 Å². The lowest BCUT2D eigenvalue weighted by molar-refractivity contribution is -0.138. The molecule has 0 aliphatic carbocycles. The van der Waals surface area contributed by atoms with E-state index in [1.54, 1.807) is 24.3 Å². The average molecular weight is 455 g/mol. The fourth-order valence-corrected chi connectivity index (χ4v) is 4.65. The van der Waals surface area contributed by atoms with E-state index < -0.39 is 12.1 Å². The molecular weight excluding hydrogens is 428 g/mol. The van der Waals surface area contributed by atoms with E-state index in [1.807, 2.05) is 32.0 Å². The summed E-state index contributed by atoms with van der Waals surface area (Å²) in [6.07, 6.45) is 1.52. The zero-order valence-corrected chi connectivity index (χ0v) is 19.0. The molecule has 0 bridgehead atoms. The number of imide groups is 1. The number of piperidine rings is 1. The first-order valence-electron chi connectivity index (χ1n) is 10.8. The Morgan fingerprint density at radius 3 is 2.50 bits per heavy atom. The topological polar surface area (TPSA) is 81.8 Å². The molecule has 2 heterocycles. The van der Waals surface area contributed by atoms with Crippen LogP contribution in [-0.2, 0) is 16.1 Å². The first-order chi connectivity index (χ1) is 15.3. The average Bonchev–Trinajstić information content (AvgIpc) is 2.75. The van der Waals surface area contributed by atoms with E-state index in [2.05, 4.69) is 10.6 Å². The Morgan fingerprint density at radius 1 is 1.12 bits per heavy atom. The molecule has 2 saturated heterocycles. The lowest BCUT2D eigenvalue weighted by atomic mass is 9.93. The molecule has 8 heteroatoms. The molecule has 168 valence electrons. The Hall–Kier alpha value is -2.90. The molecule has 4 amide bonds. The molecule has 2 fully saturated rings. The van der Waals surface area contributed by atoms with E-state index in [9.17, 15) is 14.4 Å². The Labute approximate surface area is 192 Å². The van der Waals surface area contributed by atoms with Gasteiger partial charge in [-0.3, -0.25) is 14.5 Å². The number of anilines is 1. The highest BCUT2D eigenvalue weighted by Crippen LogP contribution is 2.26. The third kappa shape index (κ3) is 4.79. The highest BCUT2D eigenvalue weighted by Gasteiger charge is 2.47. The minimum absolute atomic E-state index is 0.112. The summed E-state index contributed by atoms with van der Waals surface area (Å²) in [6.45, 7) is 4.66. The van der Waals surface area contributed by atoms with Gasteiger partial charge in [0.15, 0.2) is 0 Å². The number of amides is 4. The summed E-state index contributed by atoms with van der Waals surface area (Å²) in [5.41, 5.74) is 3.59. The van der Waals surface area contributed by atoms with Crippen LogP contribution in [0, 0.1) is 13.8 Å². The van der Waals surface area contributed by atoms with Crippen molar-refractivity contribution in [3.8, 4) is 0 Å². The lowest BCUT2D eigenvalue weighted by Gasteiger charge is -2.46. The number of fused-ring (bicyclic) bond motifs is 1. The van der Waals surface area contributed by atoms with Crippen molar-refractivity contribution in [2.75, 3.05) is 18.4 Å². The van der Waals surface area contributed by atoms with Gasteiger partial charge >= 0.3 is 6.03 Å². The van der Waals surface area contributed by atoms with E-state index in [4.69, 9.17) is 11.6 Å². The molecule has 2 N–H and O–H groups in total. The monoisotopic (exact) mass is 454 g/mol. The van der Waals surface area contributed by atoms with Gasteiger partial charge in [-0.25, -0.2) is 4.79 Å². The van der Waals surface area contributed by atoms with Crippen LogP contribution in [0.15, 0.2) is 42.5 Å². The number of urea groups is 1. The molecule has 0 spiro atoms. The molecule has 0 radical (unpaired) electrons. The van der Waals surface area contributed by atoms with Crippen LogP contribution in [0.5, 0.6) is 0 Å². The van der Waals surface area contributed by atoms with Gasteiger partial charge in [0.25, 0.3) is 0 Å². The number of hydrogen-bond acceptors (Lipinski definition) is 4. The molecular formula is C24H27ClN4O3. The smallest absolute Gasteiger partial charge is 0.325 e. The fourth-order valence-electron chi connectivity index (χ4n) is 4.52. The summed E-state index contributed by atoms with van der Waals surface area (Å²) in [4.78, 5) is 42.1. The Morgan fingerprint density at radius 2 is 1.81 bits per heavy atom. The van der Waals surface area contributed by atoms with Crippen molar-refractivity contribution in [3.05, 3.63) is 64.2 Å². The van der Waals surface area contributed by atoms with Crippen LogP contribution in [0.2, 0.25) is 5.02 Å². The molecule has 2 aliphatic rings. The second-order valence-corrected chi connectivity index (χ2v) is 8.96. The van der Waals surface area contributed by atoms with Gasteiger partial charge in [-0.05, 0) is 74.2 Å². The largest absolute Gasteiger partial charge is 0.327 e. The fraction of sp³-hybridized carbons (Fsp3) is 0.375. The SMILES string of the molecule is Cc1cc(C)cc(NC(=O)CN2C(=O)N(Cc3ccc(Cl)cc3)C(=O)C3NCCCC32)c1. The predicted molar refractivity (Wildman–Crippen MR) is 123 cm³/mol. The number of carbonyl (C=O) groups is 3. The molecule has 2 unspecified atom stereocenters. The maximum atomic E-state index is 13.4. The Balaban J connectivity index is 1.54.